The number of hydrogen-bond donors (Lipinski definition) is 0. The summed E-state index contributed by atoms with van der Waals surface area (Å²) in [4.78, 5) is 31.7. The van der Waals surface area contributed by atoms with E-state index in [4.69, 9.17) is 14.2 Å². The van der Waals surface area contributed by atoms with Gasteiger partial charge in [-0.05, 0) is 32.9 Å². The summed E-state index contributed by atoms with van der Waals surface area (Å²) in [6, 6.07) is 6.43. The van der Waals surface area contributed by atoms with Gasteiger partial charge >= 0.3 is 12.1 Å². The molecule has 0 saturated heterocycles. The zero-order valence-corrected chi connectivity index (χ0v) is 14.2. The summed E-state index contributed by atoms with van der Waals surface area (Å²) in [5.41, 5.74) is -0.297. The molecule has 134 valence electrons. The first-order valence-electron chi connectivity index (χ1n) is 7.39. The average Bonchev–Trinajstić information content (AvgIpc) is 2.55. The Labute approximate surface area is 140 Å². The predicted molar refractivity (Wildman–Crippen MR) is 82.2 cm³/mol. The molecule has 0 fully saturated rings. The Morgan fingerprint density at radius 1 is 1.12 bits per heavy atom. The number of benzene rings is 1. The van der Waals surface area contributed by atoms with Crippen molar-refractivity contribution in [3.63, 3.8) is 0 Å². The number of para-hydroxylation sites is 1. The Morgan fingerprint density at radius 3 is 2.50 bits per heavy atom. The van der Waals surface area contributed by atoms with Gasteiger partial charge in [0.1, 0.15) is 11.3 Å². The maximum atomic E-state index is 11.8. The summed E-state index contributed by atoms with van der Waals surface area (Å²) in [5, 5.41) is 4.14. The van der Waals surface area contributed by atoms with Crippen LogP contribution in [0.2, 0.25) is 0 Å². The minimum absolute atomic E-state index is 0.0597. The van der Waals surface area contributed by atoms with E-state index in [2.05, 4.69) is 14.8 Å². The summed E-state index contributed by atoms with van der Waals surface area (Å²) in [6.07, 6.45) is -0.673. The van der Waals surface area contributed by atoms with Gasteiger partial charge in [0, 0.05) is 13.5 Å². The molecule has 0 saturated carbocycles. The third kappa shape index (κ3) is 6.84. The van der Waals surface area contributed by atoms with Crippen LogP contribution in [0.1, 0.15) is 37.6 Å². The first-order valence-corrected chi connectivity index (χ1v) is 7.39. The Morgan fingerprint density at radius 2 is 1.83 bits per heavy atom. The van der Waals surface area contributed by atoms with Gasteiger partial charge in [0.05, 0.1) is 23.9 Å². The quantitative estimate of drug-likeness (QED) is 0.384. The predicted octanol–water partition coefficient (Wildman–Crippen LogP) is 3.06. The minimum atomic E-state index is -1.13. The SMILES string of the molecule is CCOc1ccccc1C(=O)OOOC(=O)OCCC(C)(C)OC. The van der Waals surface area contributed by atoms with Crippen LogP contribution in [0.5, 0.6) is 5.75 Å². The lowest BCUT2D eigenvalue weighted by molar-refractivity contribution is -0.452. The van der Waals surface area contributed by atoms with Crippen molar-refractivity contribution in [3.8, 4) is 5.75 Å². The smallest absolute Gasteiger partial charge is 0.493 e. The van der Waals surface area contributed by atoms with Crippen LogP contribution < -0.4 is 4.74 Å². The van der Waals surface area contributed by atoms with E-state index in [1.807, 2.05) is 13.8 Å². The van der Waals surface area contributed by atoms with Gasteiger partial charge in [-0.25, -0.2) is 14.5 Å². The van der Waals surface area contributed by atoms with E-state index in [9.17, 15) is 9.59 Å². The summed E-state index contributed by atoms with van der Waals surface area (Å²) in [5.74, 6) is -0.537. The van der Waals surface area contributed by atoms with Crippen molar-refractivity contribution in [3.05, 3.63) is 29.8 Å². The van der Waals surface area contributed by atoms with Crippen molar-refractivity contribution >= 4 is 12.1 Å². The summed E-state index contributed by atoms with van der Waals surface area (Å²) in [6.45, 7) is 5.91. The fourth-order valence-electron chi connectivity index (χ4n) is 1.54. The van der Waals surface area contributed by atoms with Gasteiger partial charge in [0.2, 0.25) is 0 Å². The Hall–Kier alpha value is -2.32. The summed E-state index contributed by atoms with van der Waals surface area (Å²) >= 11 is 0. The molecule has 0 aliphatic rings. The van der Waals surface area contributed by atoms with Gasteiger partial charge in [-0.2, -0.15) is 0 Å². The molecule has 0 aromatic heterocycles. The summed E-state index contributed by atoms with van der Waals surface area (Å²) < 4.78 is 15.2. The van der Waals surface area contributed by atoms with Gasteiger partial charge in [0.25, 0.3) is 0 Å². The normalized spacial score (nSPS) is 10.8. The van der Waals surface area contributed by atoms with E-state index in [0.717, 1.165) is 0 Å². The molecule has 1 aromatic carbocycles. The number of rotatable bonds is 9. The van der Waals surface area contributed by atoms with Crippen LogP contribution in [0.3, 0.4) is 0 Å². The molecule has 0 radical (unpaired) electrons. The van der Waals surface area contributed by atoms with Gasteiger partial charge in [-0.1, -0.05) is 12.1 Å². The molecule has 0 atom stereocenters. The molecule has 0 N–H and O–H groups in total. The molecule has 0 unspecified atom stereocenters. The topological polar surface area (TPSA) is 89.5 Å². The van der Waals surface area contributed by atoms with Crippen LogP contribution in [0.4, 0.5) is 4.79 Å². The molecule has 0 aliphatic carbocycles. The van der Waals surface area contributed by atoms with Crippen LogP contribution >= 0.6 is 0 Å². The lowest BCUT2D eigenvalue weighted by atomic mass is 10.1. The second kappa shape index (κ2) is 9.74. The van der Waals surface area contributed by atoms with Gasteiger partial charge < -0.3 is 14.2 Å². The maximum Gasteiger partial charge on any atom is 0.543 e. The average molecular weight is 342 g/mol. The monoisotopic (exact) mass is 342 g/mol. The number of carbonyl (C=O) groups is 2. The molecule has 8 nitrogen and oxygen atoms in total. The van der Waals surface area contributed by atoms with Crippen molar-refractivity contribution in [1.29, 1.82) is 0 Å². The molecule has 0 aliphatic heterocycles. The highest BCUT2D eigenvalue weighted by molar-refractivity contribution is 5.92. The second-order valence-corrected chi connectivity index (χ2v) is 5.26. The number of methoxy groups -OCH3 is 1. The second-order valence-electron chi connectivity index (χ2n) is 5.26. The number of hydrogen-bond acceptors (Lipinski definition) is 8. The minimum Gasteiger partial charge on any atom is -0.493 e. The lowest BCUT2D eigenvalue weighted by Gasteiger charge is -2.21. The van der Waals surface area contributed by atoms with Crippen LogP contribution in [-0.4, -0.2) is 38.0 Å². The molecule has 0 bridgehead atoms. The fraction of sp³-hybridized carbons (Fsp3) is 0.500. The highest BCUT2D eigenvalue weighted by atomic mass is 17.5. The molecule has 8 heteroatoms. The molecule has 1 rings (SSSR count). The van der Waals surface area contributed by atoms with Gasteiger partial charge in [-0.3, -0.25) is 4.89 Å². The lowest BCUT2D eigenvalue weighted by Crippen LogP contribution is -2.25. The molecule has 0 spiro atoms. The Kier molecular flexibility index (Phi) is 8.00. The molecule has 1 aromatic rings. The third-order valence-corrected chi connectivity index (χ3v) is 3.10. The Bertz CT molecular complexity index is 541. The van der Waals surface area contributed by atoms with Gasteiger partial charge in [-0.15, -0.1) is 0 Å². The van der Waals surface area contributed by atoms with E-state index in [-0.39, 0.29) is 12.2 Å². The number of carbonyl (C=O) groups excluding carboxylic acids is 2. The largest absolute Gasteiger partial charge is 0.543 e. The standard InChI is InChI=1S/C16H22O8/c1-5-20-13-9-7-6-8-12(13)14(17)22-24-23-15(18)21-11-10-16(2,3)19-4/h6-9H,5,10-11H2,1-4H3. The van der Waals surface area contributed by atoms with Crippen LogP contribution in [0, 0.1) is 0 Å². The van der Waals surface area contributed by atoms with Crippen molar-refractivity contribution in [1.82, 2.24) is 0 Å². The zero-order chi connectivity index (χ0) is 18.0. The van der Waals surface area contributed by atoms with E-state index < -0.39 is 17.7 Å². The molecular formula is C16H22O8. The van der Waals surface area contributed by atoms with Crippen molar-refractivity contribution in [2.75, 3.05) is 20.3 Å². The fourth-order valence-corrected chi connectivity index (χ4v) is 1.54. The highest BCUT2D eigenvalue weighted by Gasteiger charge is 2.19. The van der Waals surface area contributed by atoms with Crippen molar-refractivity contribution in [2.24, 2.45) is 0 Å². The van der Waals surface area contributed by atoms with Crippen LogP contribution in [0.15, 0.2) is 24.3 Å². The van der Waals surface area contributed by atoms with E-state index >= 15 is 0 Å². The molecule has 24 heavy (non-hydrogen) atoms. The van der Waals surface area contributed by atoms with Crippen molar-refractivity contribution < 1.29 is 38.6 Å². The van der Waals surface area contributed by atoms with Crippen molar-refractivity contribution in [2.45, 2.75) is 32.8 Å². The summed E-state index contributed by atoms with van der Waals surface area (Å²) in [7, 11) is 1.56. The van der Waals surface area contributed by atoms with Crippen LogP contribution in [0.25, 0.3) is 0 Å². The van der Waals surface area contributed by atoms with Crippen LogP contribution in [-0.2, 0) is 24.3 Å². The zero-order valence-electron chi connectivity index (χ0n) is 14.2. The molecule has 0 amide bonds. The third-order valence-electron chi connectivity index (χ3n) is 3.10. The van der Waals surface area contributed by atoms with E-state index in [1.54, 1.807) is 32.2 Å². The van der Waals surface area contributed by atoms with E-state index in [1.165, 1.54) is 6.07 Å². The number of ether oxygens (including phenoxy) is 3. The molecular weight excluding hydrogens is 320 g/mol. The first-order chi connectivity index (χ1) is 11.4. The Balaban J connectivity index is 2.34. The van der Waals surface area contributed by atoms with E-state index in [0.29, 0.717) is 18.8 Å². The first kappa shape index (κ1) is 19.7. The highest BCUT2D eigenvalue weighted by Crippen LogP contribution is 2.19. The van der Waals surface area contributed by atoms with Gasteiger partial charge in [0.15, 0.2) is 0 Å². The molecule has 0 heterocycles. The maximum absolute atomic E-state index is 11.8.